The molecule has 8 nitrogen and oxygen atoms in total. The third-order valence-corrected chi connectivity index (χ3v) is 7.31. The summed E-state index contributed by atoms with van der Waals surface area (Å²) in [6.45, 7) is 1.18. The van der Waals surface area contributed by atoms with Gasteiger partial charge in [0.2, 0.25) is 10.0 Å². The van der Waals surface area contributed by atoms with Crippen LogP contribution in [0.2, 0.25) is 10.0 Å². The minimum atomic E-state index is -3.19. The summed E-state index contributed by atoms with van der Waals surface area (Å²) in [5.41, 5.74) is 2.24. The van der Waals surface area contributed by atoms with E-state index < -0.39 is 10.0 Å². The average molecular weight is 525 g/mol. The van der Waals surface area contributed by atoms with Gasteiger partial charge >= 0.3 is 0 Å². The van der Waals surface area contributed by atoms with Gasteiger partial charge in [-0.1, -0.05) is 29.3 Å². The maximum atomic E-state index is 11.3. The Bertz CT molecular complexity index is 1290. The minimum absolute atomic E-state index is 0.108. The highest BCUT2D eigenvalue weighted by atomic mass is 35.5. The molecule has 0 amide bonds. The average Bonchev–Trinajstić information content (AvgIpc) is 3.25. The molecule has 1 aliphatic heterocycles. The number of ether oxygens (including phenoxy) is 2. The molecular formula is C23H26Cl2N4O4S. The fourth-order valence-electron chi connectivity index (χ4n) is 4.19. The summed E-state index contributed by atoms with van der Waals surface area (Å²) in [7, 11) is -0.114. The number of methoxy groups -OCH3 is 2. The third kappa shape index (κ3) is 5.55. The smallest absolute Gasteiger partial charge is 0.208 e. The second kappa shape index (κ2) is 10.2. The Balaban J connectivity index is 1.54. The third-order valence-electron chi connectivity index (χ3n) is 5.87. The zero-order valence-electron chi connectivity index (χ0n) is 19.1. The SMILES string of the molecule is COc1cc(OC)c(Cl)c(-c2ccc3nc(C[C@@H]4CN[C@H](CNS(C)(=O)=O)C4)ncc3c2)c1Cl. The molecular weight excluding hydrogens is 499 g/mol. The molecule has 2 N–H and O–H groups in total. The minimum Gasteiger partial charge on any atom is -0.495 e. The number of aromatic nitrogens is 2. The highest BCUT2D eigenvalue weighted by Gasteiger charge is 2.26. The summed E-state index contributed by atoms with van der Waals surface area (Å²) in [6.07, 6.45) is 4.54. The number of nitrogens with one attached hydrogen (secondary N) is 2. The molecule has 0 unspecified atom stereocenters. The van der Waals surface area contributed by atoms with Crippen LogP contribution in [0.25, 0.3) is 22.0 Å². The van der Waals surface area contributed by atoms with Crippen LogP contribution < -0.4 is 19.5 Å². The first-order valence-electron chi connectivity index (χ1n) is 10.7. The molecule has 0 spiro atoms. The van der Waals surface area contributed by atoms with Crippen molar-refractivity contribution in [1.82, 2.24) is 20.0 Å². The van der Waals surface area contributed by atoms with Crippen molar-refractivity contribution < 1.29 is 17.9 Å². The Kier molecular flexibility index (Phi) is 7.49. The molecule has 2 aromatic carbocycles. The number of hydrogen-bond acceptors (Lipinski definition) is 7. The summed E-state index contributed by atoms with van der Waals surface area (Å²) < 4.78 is 35.9. The first kappa shape index (κ1) is 24.9. The monoisotopic (exact) mass is 524 g/mol. The van der Waals surface area contributed by atoms with Crippen LogP contribution in [0.15, 0.2) is 30.5 Å². The van der Waals surface area contributed by atoms with Gasteiger partial charge in [0.15, 0.2) is 0 Å². The van der Waals surface area contributed by atoms with Gasteiger partial charge in [0.25, 0.3) is 0 Å². The number of rotatable bonds is 8. The van der Waals surface area contributed by atoms with E-state index in [1.165, 1.54) is 6.26 Å². The predicted molar refractivity (Wildman–Crippen MR) is 135 cm³/mol. The van der Waals surface area contributed by atoms with E-state index >= 15 is 0 Å². The van der Waals surface area contributed by atoms with Gasteiger partial charge in [0.1, 0.15) is 17.3 Å². The normalized spacial score (nSPS) is 18.4. The summed E-state index contributed by atoms with van der Waals surface area (Å²) in [5, 5.41) is 5.02. The number of halogens is 2. The fourth-order valence-corrected chi connectivity index (χ4v) is 5.41. The van der Waals surface area contributed by atoms with Crippen LogP contribution in [0.5, 0.6) is 11.5 Å². The van der Waals surface area contributed by atoms with E-state index in [0.29, 0.717) is 46.0 Å². The van der Waals surface area contributed by atoms with Crippen LogP contribution in [-0.4, -0.2) is 58.0 Å². The Labute approximate surface area is 209 Å². The number of hydrogen-bond donors (Lipinski definition) is 2. The summed E-state index contributed by atoms with van der Waals surface area (Å²) in [5.74, 6) is 2.03. The largest absolute Gasteiger partial charge is 0.495 e. The molecule has 1 aromatic heterocycles. The first-order chi connectivity index (χ1) is 16.2. The van der Waals surface area contributed by atoms with Gasteiger partial charge in [0.05, 0.1) is 36.0 Å². The van der Waals surface area contributed by atoms with Crippen molar-refractivity contribution in [2.45, 2.75) is 18.9 Å². The van der Waals surface area contributed by atoms with Gasteiger partial charge < -0.3 is 14.8 Å². The van der Waals surface area contributed by atoms with E-state index in [1.54, 1.807) is 26.5 Å². The van der Waals surface area contributed by atoms with Crippen LogP contribution in [0.3, 0.4) is 0 Å². The Morgan fingerprint density at radius 1 is 1.15 bits per heavy atom. The number of benzene rings is 2. The molecule has 1 saturated heterocycles. The van der Waals surface area contributed by atoms with Crippen molar-refractivity contribution >= 4 is 44.1 Å². The molecule has 3 aromatic rings. The molecule has 4 rings (SSSR count). The van der Waals surface area contributed by atoms with Gasteiger partial charge in [-0.05, 0) is 36.6 Å². The molecule has 11 heteroatoms. The zero-order chi connectivity index (χ0) is 24.5. The number of nitrogens with zero attached hydrogens (tertiary/aromatic N) is 2. The van der Waals surface area contributed by atoms with Crippen LogP contribution in [0.1, 0.15) is 12.2 Å². The molecule has 182 valence electrons. The molecule has 0 radical (unpaired) electrons. The van der Waals surface area contributed by atoms with E-state index in [2.05, 4.69) is 15.0 Å². The molecule has 1 fully saturated rings. The van der Waals surface area contributed by atoms with Gasteiger partial charge in [-0.25, -0.2) is 23.1 Å². The van der Waals surface area contributed by atoms with Gasteiger partial charge in [-0.3, -0.25) is 0 Å². The van der Waals surface area contributed by atoms with Crippen molar-refractivity contribution in [1.29, 1.82) is 0 Å². The van der Waals surface area contributed by atoms with Crippen molar-refractivity contribution in [3.63, 3.8) is 0 Å². The van der Waals surface area contributed by atoms with Gasteiger partial charge in [0, 0.05) is 42.2 Å². The molecule has 0 aliphatic carbocycles. The Morgan fingerprint density at radius 2 is 1.85 bits per heavy atom. The van der Waals surface area contributed by atoms with Crippen LogP contribution in [-0.2, 0) is 16.4 Å². The summed E-state index contributed by atoms with van der Waals surface area (Å²) in [4.78, 5) is 9.29. The lowest BCUT2D eigenvalue weighted by atomic mass is 10.0. The van der Waals surface area contributed by atoms with E-state index in [4.69, 9.17) is 37.7 Å². The summed E-state index contributed by atoms with van der Waals surface area (Å²) in [6, 6.07) is 7.53. The highest BCUT2D eigenvalue weighted by molar-refractivity contribution is 7.88. The molecule has 0 bridgehead atoms. The molecule has 2 atom stereocenters. The van der Waals surface area contributed by atoms with Crippen molar-refractivity contribution in [2.24, 2.45) is 5.92 Å². The predicted octanol–water partition coefficient (Wildman–Crippen LogP) is 3.69. The number of sulfonamides is 1. The van der Waals surface area contributed by atoms with Crippen molar-refractivity contribution in [3.05, 3.63) is 46.3 Å². The molecule has 0 saturated carbocycles. The van der Waals surface area contributed by atoms with Crippen molar-refractivity contribution in [3.8, 4) is 22.6 Å². The maximum Gasteiger partial charge on any atom is 0.208 e. The van der Waals surface area contributed by atoms with Crippen LogP contribution >= 0.6 is 23.2 Å². The Hall–Kier alpha value is -2.17. The maximum absolute atomic E-state index is 11.3. The van der Waals surface area contributed by atoms with Crippen LogP contribution in [0, 0.1) is 5.92 Å². The number of fused-ring (bicyclic) bond motifs is 1. The van der Waals surface area contributed by atoms with E-state index in [-0.39, 0.29) is 6.04 Å². The van der Waals surface area contributed by atoms with E-state index in [1.807, 2.05) is 18.2 Å². The molecule has 2 heterocycles. The zero-order valence-corrected chi connectivity index (χ0v) is 21.4. The summed E-state index contributed by atoms with van der Waals surface area (Å²) >= 11 is 13.1. The Morgan fingerprint density at radius 3 is 2.50 bits per heavy atom. The van der Waals surface area contributed by atoms with Crippen LogP contribution in [0.4, 0.5) is 0 Å². The van der Waals surface area contributed by atoms with E-state index in [9.17, 15) is 8.42 Å². The lowest BCUT2D eigenvalue weighted by molar-refractivity contribution is 0.395. The van der Waals surface area contributed by atoms with E-state index in [0.717, 1.165) is 35.3 Å². The first-order valence-corrected chi connectivity index (χ1v) is 13.4. The lowest BCUT2D eigenvalue weighted by Crippen LogP contribution is -2.36. The topological polar surface area (TPSA) is 102 Å². The quantitative estimate of drug-likeness (QED) is 0.463. The highest BCUT2D eigenvalue weighted by Crippen LogP contribution is 2.46. The molecule has 34 heavy (non-hydrogen) atoms. The van der Waals surface area contributed by atoms with Gasteiger partial charge in [-0.15, -0.1) is 0 Å². The standard InChI is InChI=1S/C23H26Cl2N4O4S/c1-32-18-9-19(33-2)23(25)21(22(18)24)14-4-5-17-15(8-14)11-27-20(29-17)7-13-6-16(26-10-13)12-28-34(3,30)31/h4-5,8-9,11,13,16,26,28H,6-7,10,12H2,1-3H3/t13-,16+/m1/s1. The van der Waals surface area contributed by atoms with Gasteiger partial charge in [-0.2, -0.15) is 0 Å². The second-order valence-electron chi connectivity index (χ2n) is 8.38. The fraction of sp³-hybridized carbons (Fsp3) is 0.391. The lowest BCUT2D eigenvalue weighted by Gasteiger charge is -2.15. The second-order valence-corrected chi connectivity index (χ2v) is 11.0. The molecule has 1 aliphatic rings. The van der Waals surface area contributed by atoms with Crippen molar-refractivity contribution in [2.75, 3.05) is 33.6 Å².